The molecule has 0 fully saturated rings. The van der Waals surface area contributed by atoms with Crippen LogP contribution >= 0.6 is 0 Å². The van der Waals surface area contributed by atoms with Gasteiger partial charge in [0.1, 0.15) is 0 Å². The Morgan fingerprint density at radius 3 is 1.66 bits per heavy atom. The number of hydrogen-bond donors (Lipinski definition) is 0. The summed E-state index contributed by atoms with van der Waals surface area (Å²) in [6.07, 6.45) is 4.43. The first kappa shape index (κ1) is 42.2. The predicted molar refractivity (Wildman–Crippen MR) is 295 cm³/mol. The van der Waals surface area contributed by atoms with E-state index in [1.807, 2.05) is 12.1 Å². The van der Waals surface area contributed by atoms with E-state index in [0.717, 1.165) is 55.9 Å². The molecular weight excluding hydrogens is 847 g/mol. The summed E-state index contributed by atoms with van der Waals surface area (Å²) in [5.41, 5.74) is 21.3. The third-order valence-electron chi connectivity index (χ3n) is 13.4. The molecule has 12 rings (SSSR count). The zero-order chi connectivity index (χ0) is 46.8. The van der Waals surface area contributed by atoms with E-state index in [4.69, 9.17) is 9.97 Å². The second-order valence-corrected chi connectivity index (χ2v) is 17.8. The van der Waals surface area contributed by atoms with Gasteiger partial charge in [-0.1, -0.05) is 231 Å². The van der Waals surface area contributed by atoms with Crippen LogP contribution in [-0.4, -0.2) is 14.5 Å². The van der Waals surface area contributed by atoms with Crippen LogP contribution in [0.25, 0.3) is 118 Å². The first-order valence-electron chi connectivity index (χ1n) is 23.9. The standard InChI is InChI=1S/C67H47N3/c1-46-18-15-30-58(65(46)57-28-12-11-23-50(57)35-34-47-19-5-2-6-20-47)51-40-42-56(43-41-51)70-63-32-14-13-29-60(63)66-59(31-17-33-64(66)70)54-26-16-27-55(44-54)67-68-61(52-24-9-4-10-25-52)45-62(69-67)53-38-36-49(37-39-53)48-21-7-3-8-22-48/h2-45H,1H3/b35-34-. The normalized spacial score (nSPS) is 11.4. The van der Waals surface area contributed by atoms with Crippen molar-refractivity contribution in [2.24, 2.45) is 0 Å². The lowest BCUT2D eigenvalue weighted by Gasteiger charge is -2.16. The van der Waals surface area contributed by atoms with Crippen molar-refractivity contribution in [3.63, 3.8) is 0 Å². The number of nitrogens with zero attached hydrogens (tertiary/aromatic N) is 3. The minimum atomic E-state index is 0.684. The highest BCUT2D eigenvalue weighted by Gasteiger charge is 2.19. The van der Waals surface area contributed by atoms with Crippen LogP contribution in [-0.2, 0) is 0 Å². The molecule has 0 spiro atoms. The van der Waals surface area contributed by atoms with Crippen LogP contribution in [0, 0.1) is 6.92 Å². The fourth-order valence-corrected chi connectivity index (χ4v) is 9.98. The van der Waals surface area contributed by atoms with Crippen molar-refractivity contribution >= 4 is 34.0 Å². The van der Waals surface area contributed by atoms with Gasteiger partial charge in [0, 0.05) is 33.2 Å². The Labute approximate surface area is 409 Å². The molecule has 0 aliphatic carbocycles. The molecule has 330 valence electrons. The van der Waals surface area contributed by atoms with Gasteiger partial charge in [0.05, 0.1) is 22.4 Å². The van der Waals surface area contributed by atoms with E-state index in [1.54, 1.807) is 0 Å². The molecule has 0 amide bonds. The SMILES string of the molecule is Cc1cccc(-c2ccc(-n3c4ccccc4c4c(-c5cccc(-c6nc(-c7ccccc7)cc(-c7ccc(-c8ccccc8)cc7)n6)c5)cccc43)cc2)c1-c1ccccc1/C=C\c1ccccc1. The fourth-order valence-electron chi connectivity index (χ4n) is 9.98. The molecule has 0 saturated heterocycles. The van der Waals surface area contributed by atoms with Crippen molar-refractivity contribution in [3.8, 4) is 84.1 Å². The maximum atomic E-state index is 5.25. The Bertz CT molecular complexity index is 3850. The first-order valence-corrected chi connectivity index (χ1v) is 23.9. The van der Waals surface area contributed by atoms with Crippen LogP contribution in [0.3, 0.4) is 0 Å². The van der Waals surface area contributed by atoms with E-state index in [9.17, 15) is 0 Å². The first-order chi connectivity index (χ1) is 34.6. The summed E-state index contributed by atoms with van der Waals surface area (Å²) in [6, 6.07) is 90.7. The van der Waals surface area contributed by atoms with Crippen molar-refractivity contribution in [1.29, 1.82) is 0 Å². The van der Waals surface area contributed by atoms with E-state index in [1.165, 1.54) is 60.8 Å². The summed E-state index contributed by atoms with van der Waals surface area (Å²) in [5.74, 6) is 0.684. The number of benzene rings is 10. The summed E-state index contributed by atoms with van der Waals surface area (Å²) < 4.78 is 2.41. The number of rotatable bonds is 10. The summed E-state index contributed by atoms with van der Waals surface area (Å²) in [7, 11) is 0. The molecule has 2 heterocycles. The van der Waals surface area contributed by atoms with Crippen LogP contribution in [0.2, 0.25) is 0 Å². The molecule has 0 bridgehead atoms. The minimum Gasteiger partial charge on any atom is -0.309 e. The van der Waals surface area contributed by atoms with Crippen molar-refractivity contribution in [1.82, 2.24) is 14.5 Å². The molecule has 12 aromatic rings. The lowest BCUT2D eigenvalue weighted by molar-refractivity contribution is 1.18. The molecule has 3 heteroatoms. The van der Waals surface area contributed by atoms with Crippen molar-refractivity contribution in [3.05, 3.63) is 271 Å². The van der Waals surface area contributed by atoms with E-state index in [2.05, 4.69) is 266 Å². The van der Waals surface area contributed by atoms with E-state index >= 15 is 0 Å². The van der Waals surface area contributed by atoms with Crippen LogP contribution in [0.4, 0.5) is 0 Å². The Kier molecular flexibility index (Phi) is 11.1. The molecule has 10 aromatic carbocycles. The van der Waals surface area contributed by atoms with Gasteiger partial charge < -0.3 is 4.57 Å². The van der Waals surface area contributed by atoms with E-state index in [0.29, 0.717) is 5.82 Å². The Morgan fingerprint density at radius 2 is 0.886 bits per heavy atom. The van der Waals surface area contributed by atoms with Crippen LogP contribution < -0.4 is 0 Å². The molecule has 0 radical (unpaired) electrons. The van der Waals surface area contributed by atoms with Crippen LogP contribution in [0.15, 0.2) is 255 Å². The number of aryl methyl sites for hydroxylation is 1. The second-order valence-electron chi connectivity index (χ2n) is 17.8. The Balaban J connectivity index is 0.925. The second kappa shape index (κ2) is 18.5. The van der Waals surface area contributed by atoms with Crippen LogP contribution in [0.1, 0.15) is 16.7 Å². The highest BCUT2D eigenvalue weighted by molar-refractivity contribution is 6.16. The minimum absolute atomic E-state index is 0.684. The van der Waals surface area contributed by atoms with Gasteiger partial charge in [-0.15, -0.1) is 0 Å². The summed E-state index contributed by atoms with van der Waals surface area (Å²) in [5, 5.41) is 2.41. The van der Waals surface area contributed by atoms with Gasteiger partial charge in [0.2, 0.25) is 0 Å². The average molecular weight is 894 g/mol. The number of aromatic nitrogens is 3. The lowest BCUT2D eigenvalue weighted by Crippen LogP contribution is -1.96. The highest BCUT2D eigenvalue weighted by atomic mass is 15.0. The molecule has 70 heavy (non-hydrogen) atoms. The van der Waals surface area contributed by atoms with Gasteiger partial charge in [0.25, 0.3) is 0 Å². The third-order valence-corrected chi connectivity index (χ3v) is 13.4. The van der Waals surface area contributed by atoms with Gasteiger partial charge in [-0.3, -0.25) is 0 Å². The topological polar surface area (TPSA) is 30.7 Å². The van der Waals surface area contributed by atoms with Crippen molar-refractivity contribution in [2.75, 3.05) is 0 Å². The van der Waals surface area contributed by atoms with Crippen molar-refractivity contribution < 1.29 is 0 Å². The van der Waals surface area contributed by atoms with Gasteiger partial charge in [-0.05, 0) is 105 Å². The molecule has 0 saturated carbocycles. The maximum Gasteiger partial charge on any atom is 0.160 e. The average Bonchev–Trinajstić information content (AvgIpc) is 3.78. The predicted octanol–water partition coefficient (Wildman–Crippen LogP) is 17.7. The van der Waals surface area contributed by atoms with Gasteiger partial charge in [-0.2, -0.15) is 0 Å². The van der Waals surface area contributed by atoms with Gasteiger partial charge in [0.15, 0.2) is 5.82 Å². The lowest BCUT2D eigenvalue weighted by atomic mass is 9.88. The summed E-state index contributed by atoms with van der Waals surface area (Å²) in [6.45, 7) is 2.22. The molecule has 0 aliphatic heterocycles. The Hall–Kier alpha value is -9.18. The molecule has 2 aromatic heterocycles. The Morgan fingerprint density at radius 1 is 0.357 bits per heavy atom. The summed E-state index contributed by atoms with van der Waals surface area (Å²) >= 11 is 0. The number of para-hydroxylation sites is 1. The van der Waals surface area contributed by atoms with Crippen LogP contribution in [0.5, 0.6) is 0 Å². The zero-order valence-electron chi connectivity index (χ0n) is 38.7. The molecule has 0 N–H and O–H groups in total. The summed E-state index contributed by atoms with van der Waals surface area (Å²) in [4.78, 5) is 10.5. The largest absolute Gasteiger partial charge is 0.309 e. The smallest absolute Gasteiger partial charge is 0.160 e. The quantitative estimate of drug-likeness (QED) is 0.128. The molecule has 3 nitrogen and oxygen atoms in total. The van der Waals surface area contributed by atoms with Gasteiger partial charge in [-0.25, -0.2) is 9.97 Å². The number of hydrogen-bond acceptors (Lipinski definition) is 2. The zero-order valence-corrected chi connectivity index (χ0v) is 38.7. The monoisotopic (exact) mass is 893 g/mol. The molecule has 0 atom stereocenters. The molecule has 0 unspecified atom stereocenters. The molecular formula is C67H47N3. The van der Waals surface area contributed by atoms with E-state index in [-0.39, 0.29) is 0 Å². The third kappa shape index (κ3) is 8.10. The highest BCUT2D eigenvalue weighted by Crippen LogP contribution is 2.42. The fraction of sp³-hybridized carbons (Fsp3) is 0.0149. The number of fused-ring (bicyclic) bond motifs is 3. The maximum absolute atomic E-state index is 5.25. The van der Waals surface area contributed by atoms with E-state index < -0.39 is 0 Å². The van der Waals surface area contributed by atoms with Gasteiger partial charge >= 0.3 is 0 Å². The van der Waals surface area contributed by atoms with Crippen molar-refractivity contribution in [2.45, 2.75) is 6.92 Å². The molecule has 0 aliphatic rings.